The average Bonchev–Trinajstić information content (AvgIpc) is 2.12. The van der Waals surface area contributed by atoms with Crippen LogP contribution in [0.25, 0.3) is 0 Å². The van der Waals surface area contributed by atoms with E-state index in [1.807, 2.05) is 6.07 Å². The zero-order chi connectivity index (χ0) is 9.10. The summed E-state index contributed by atoms with van der Waals surface area (Å²) in [6, 6.07) is 7.12. The standard InChI is InChI=1S/C10H10O3/c11-5-8-2-1-3-9(4-8)13-10-6-12-7-10/h1-5,10H,6-7H2. The molecule has 0 unspecified atom stereocenters. The Labute approximate surface area is 76.3 Å². The van der Waals surface area contributed by atoms with Crippen molar-refractivity contribution in [2.45, 2.75) is 6.10 Å². The summed E-state index contributed by atoms with van der Waals surface area (Å²) in [5.74, 6) is 0.734. The third-order valence-electron chi connectivity index (χ3n) is 1.90. The summed E-state index contributed by atoms with van der Waals surface area (Å²) >= 11 is 0. The van der Waals surface area contributed by atoms with Gasteiger partial charge in [-0.2, -0.15) is 0 Å². The van der Waals surface area contributed by atoms with Crippen LogP contribution in [0.1, 0.15) is 10.4 Å². The molecule has 3 heteroatoms. The van der Waals surface area contributed by atoms with Crippen LogP contribution in [-0.2, 0) is 4.74 Å². The number of hydrogen-bond donors (Lipinski definition) is 0. The van der Waals surface area contributed by atoms with Crippen LogP contribution in [-0.4, -0.2) is 25.6 Å². The Kier molecular flexibility index (Phi) is 2.27. The summed E-state index contributed by atoms with van der Waals surface area (Å²) in [5, 5.41) is 0. The molecule has 68 valence electrons. The summed E-state index contributed by atoms with van der Waals surface area (Å²) in [4.78, 5) is 10.4. The minimum atomic E-state index is 0.155. The van der Waals surface area contributed by atoms with Gasteiger partial charge in [-0.05, 0) is 12.1 Å². The molecule has 0 saturated carbocycles. The van der Waals surface area contributed by atoms with E-state index in [2.05, 4.69) is 0 Å². The van der Waals surface area contributed by atoms with Crippen LogP contribution in [0.15, 0.2) is 24.3 Å². The summed E-state index contributed by atoms with van der Waals surface area (Å²) in [6.07, 6.45) is 0.964. The van der Waals surface area contributed by atoms with Gasteiger partial charge in [-0.3, -0.25) is 4.79 Å². The smallest absolute Gasteiger partial charge is 0.150 e. The molecule has 0 spiro atoms. The van der Waals surface area contributed by atoms with E-state index in [9.17, 15) is 4.79 Å². The van der Waals surface area contributed by atoms with Crippen molar-refractivity contribution in [3.05, 3.63) is 29.8 Å². The average molecular weight is 178 g/mol. The fourth-order valence-electron chi connectivity index (χ4n) is 1.14. The monoisotopic (exact) mass is 178 g/mol. The molecule has 0 radical (unpaired) electrons. The summed E-state index contributed by atoms with van der Waals surface area (Å²) < 4.78 is 10.5. The molecular formula is C10H10O3. The molecule has 0 amide bonds. The Morgan fingerprint density at radius 2 is 2.31 bits per heavy atom. The van der Waals surface area contributed by atoms with E-state index in [1.54, 1.807) is 18.2 Å². The number of hydrogen-bond acceptors (Lipinski definition) is 3. The molecule has 1 saturated heterocycles. The van der Waals surface area contributed by atoms with Crippen LogP contribution in [0.3, 0.4) is 0 Å². The molecule has 2 rings (SSSR count). The van der Waals surface area contributed by atoms with Gasteiger partial charge in [0.25, 0.3) is 0 Å². The van der Waals surface area contributed by atoms with Gasteiger partial charge in [0.05, 0.1) is 13.2 Å². The van der Waals surface area contributed by atoms with Gasteiger partial charge in [0.2, 0.25) is 0 Å². The third-order valence-corrected chi connectivity index (χ3v) is 1.90. The molecule has 0 N–H and O–H groups in total. The second kappa shape index (κ2) is 3.58. The highest BCUT2D eigenvalue weighted by Gasteiger charge is 2.19. The van der Waals surface area contributed by atoms with E-state index in [0.29, 0.717) is 18.8 Å². The Morgan fingerprint density at radius 1 is 1.46 bits per heavy atom. The zero-order valence-electron chi connectivity index (χ0n) is 7.10. The fourth-order valence-corrected chi connectivity index (χ4v) is 1.14. The topological polar surface area (TPSA) is 35.5 Å². The van der Waals surface area contributed by atoms with Crippen LogP contribution in [0.2, 0.25) is 0 Å². The Balaban J connectivity index is 2.05. The van der Waals surface area contributed by atoms with E-state index in [1.165, 1.54) is 0 Å². The van der Waals surface area contributed by atoms with Crippen molar-refractivity contribution in [2.24, 2.45) is 0 Å². The molecule has 1 aliphatic rings. The molecule has 0 aliphatic carbocycles. The van der Waals surface area contributed by atoms with E-state index >= 15 is 0 Å². The quantitative estimate of drug-likeness (QED) is 0.654. The van der Waals surface area contributed by atoms with Gasteiger partial charge < -0.3 is 9.47 Å². The fraction of sp³-hybridized carbons (Fsp3) is 0.300. The summed E-state index contributed by atoms with van der Waals surface area (Å²) in [7, 11) is 0. The second-order valence-electron chi connectivity index (χ2n) is 2.97. The lowest BCUT2D eigenvalue weighted by molar-refractivity contribution is -0.0796. The van der Waals surface area contributed by atoms with E-state index in [0.717, 1.165) is 12.0 Å². The Bertz CT molecular complexity index is 305. The molecule has 1 heterocycles. The van der Waals surface area contributed by atoms with E-state index < -0.39 is 0 Å². The van der Waals surface area contributed by atoms with Crippen molar-refractivity contribution >= 4 is 6.29 Å². The van der Waals surface area contributed by atoms with Crippen molar-refractivity contribution in [3.63, 3.8) is 0 Å². The lowest BCUT2D eigenvalue weighted by Gasteiger charge is -2.26. The van der Waals surface area contributed by atoms with Crippen molar-refractivity contribution in [3.8, 4) is 5.75 Å². The SMILES string of the molecule is O=Cc1cccc(OC2COC2)c1. The van der Waals surface area contributed by atoms with Crippen LogP contribution < -0.4 is 4.74 Å². The van der Waals surface area contributed by atoms with Crippen LogP contribution >= 0.6 is 0 Å². The van der Waals surface area contributed by atoms with Crippen molar-refractivity contribution < 1.29 is 14.3 Å². The predicted octanol–water partition coefficient (Wildman–Crippen LogP) is 1.28. The van der Waals surface area contributed by atoms with Gasteiger partial charge in [0.15, 0.2) is 0 Å². The maximum Gasteiger partial charge on any atom is 0.150 e. The highest BCUT2D eigenvalue weighted by atomic mass is 16.6. The van der Waals surface area contributed by atoms with E-state index in [4.69, 9.17) is 9.47 Å². The number of rotatable bonds is 3. The summed E-state index contributed by atoms with van der Waals surface area (Å²) in [6.45, 7) is 1.29. The molecule has 1 aromatic carbocycles. The number of benzene rings is 1. The van der Waals surface area contributed by atoms with Gasteiger partial charge >= 0.3 is 0 Å². The van der Waals surface area contributed by atoms with Gasteiger partial charge in [-0.25, -0.2) is 0 Å². The van der Waals surface area contributed by atoms with Gasteiger partial charge in [0.1, 0.15) is 18.1 Å². The molecule has 1 aromatic rings. The summed E-state index contributed by atoms with van der Waals surface area (Å²) in [5.41, 5.74) is 0.637. The molecule has 13 heavy (non-hydrogen) atoms. The predicted molar refractivity (Wildman–Crippen MR) is 47.1 cm³/mol. The minimum Gasteiger partial charge on any atom is -0.486 e. The molecular weight excluding hydrogens is 168 g/mol. The number of aldehydes is 1. The van der Waals surface area contributed by atoms with Crippen LogP contribution in [0.4, 0.5) is 0 Å². The number of carbonyl (C=O) groups is 1. The molecule has 1 aliphatic heterocycles. The Morgan fingerprint density at radius 3 is 2.92 bits per heavy atom. The van der Waals surface area contributed by atoms with Crippen LogP contribution in [0.5, 0.6) is 5.75 Å². The third kappa shape index (κ3) is 1.87. The lowest BCUT2D eigenvalue weighted by Crippen LogP contribution is -2.38. The second-order valence-corrected chi connectivity index (χ2v) is 2.97. The highest BCUT2D eigenvalue weighted by Crippen LogP contribution is 2.16. The van der Waals surface area contributed by atoms with Gasteiger partial charge in [-0.15, -0.1) is 0 Å². The minimum absolute atomic E-state index is 0.155. The van der Waals surface area contributed by atoms with Crippen LogP contribution in [0, 0.1) is 0 Å². The zero-order valence-corrected chi connectivity index (χ0v) is 7.10. The first-order chi connectivity index (χ1) is 6.38. The van der Waals surface area contributed by atoms with E-state index in [-0.39, 0.29) is 6.10 Å². The molecule has 0 aromatic heterocycles. The normalized spacial score (nSPS) is 16.3. The largest absolute Gasteiger partial charge is 0.486 e. The molecule has 1 fully saturated rings. The van der Waals surface area contributed by atoms with Crippen molar-refractivity contribution in [1.82, 2.24) is 0 Å². The molecule has 3 nitrogen and oxygen atoms in total. The number of ether oxygens (including phenoxy) is 2. The number of carbonyl (C=O) groups excluding carboxylic acids is 1. The first kappa shape index (κ1) is 8.26. The first-order valence-electron chi connectivity index (χ1n) is 4.18. The highest BCUT2D eigenvalue weighted by molar-refractivity contribution is 5.75. The van der Waals surface area contributed by atoms with Crippen molar-refractivity contribution in [1.29, 1.82) is 0 Å². The van der Waals surface area contributed by atoms with Gasteiger partial charge in [0, 0.05) is 5.56 Å². The lowest BCUT2D eigenvalue weighted by atomic mass is 10.2. The first-order valence-corrected chi connectivity index (χ1v) is 4.18. The Hall–Kier alpha value is -1.35. The van der Waals surface area contributed by atoms with Crippen molar-refractivity contribution in [2.75, 3.05) is 13.2 Å². The molecule has 0 bridgehead atoms. The maximum atomic E-state index is 10.4. The van der Waals surface area contributed by atoms with Gasteiger partial charge in [-0.1, -0.05) is 12.1 Å². The molecule has 0 atom stereocenters. The maximum absolute atomic E-state index is 10.4.